The number of amides is 1. The van der Waals surface area contributed by atoms with Gasteiger partial charge in [-0.2, -0.15) is 0 Å². The number of nitrogens with zero attached hydrogens (tertiary/aromatic N) is 2. The number of benzene rings is 1. The van der Waals surface area contributed by atoms with E-state index in [4.69, 9.17) is 4.74 Å². The van der Waals surface area contributed by atoms with Gasteiger partial charge in [-0.15, -0.1) is 0 Å². The van der Waals surface area contributed by atoms with Gasteiger partial charge in [0.1, 0.15) is 11.4 Å². The maximum Gasteiger partial charge on any atom is 0.314 e. The summed E-state index contributed by atoms with van der Waals surface area (Å²) in [5.74, 6) is -0.156. The molecule has 2 saturated heterocycles. The summed E-state index contributed by atoms with van der Waals surface area (Å²) in [5, 5.41) is 0. The Kier molecular flexibility index (Phi) is 4.98. The molecule has 2 aromatic rings. The largest absolute Gasteiger partial charge is 0.465 e. The van der Waals surface area contributed by atoms with Gasteiger partial charge in [0.15, 0.2) is 0 Å². The number of hydrogen-bond donors (Lipinski definition) is 1. The molecule has 7 nitrogen and oxygen atoms in total. The topological polar surface area (TPSA) is 92.4 Å². The molecule has 0 aliphatic carbocycles. The van der Waals surface area contributed by atoms with Crippen LogP contribution in [0, 0.1) is 12.3 Å². The van der Waals surface area contributed by atoms with Crippen LogP contribution in [0.4, 0.5) is 0 Å². The summed E-state index contributed by atoms with van der Waals surface area (Å²) in [6.07, 6.45) is 3.94. The van der Waals surface area contributed by atoms with Crippen molar-refractivity contribution in [1.82, 2.24) is 14.9 Å². The number of hydrogen-bond acceptors (Lipinski definition) is 5. The highest BCUT2D eigenvalue weighted by Crippen LogP contribution is 2.52. The van der Waals surface area contributed by atoms with E-state index in [0.29, 0.717) is 25.3 Å². The van der Waals surface area contributed by atoms with Crippen molar-refractivity contribution in [2.24, 2.45) is 5.41 Å². The minimum atomic E-state index is -0.791. The van der Waals surface area contributed by atoms with Gasteiger partial charge < -0.3 is 14.6 Å². The number of carbonyl (C=O) groups excluding carboxylic acids is 2. The van der Waals surface area contributed by atoms with Gasteiger partial charge >= 0.3 is 5.97 Å². The molecule has 0 radical (unpaired) electrons. The Morgan fingerprint density at radius 3 is 2.72 bits per heavy atom. The van der Waals surface area contributed by atoms with Crippen molar-refractivity contribution in [2.45, 2.75) is 51.6 Å². The smallest absolute Gasteiger partial charge is 0.314 e. The van der Waals surface area contributed by atoms with Crippen LogP contribution in [0.25, 0.3) is 0 Å². The van der Waals surface area contributed by atoms with Crippen molar-refractivity contribution in [2.75, 3.05) is 6.61 Å². The molecule has 3 heterocycles. The third-order valence-corrected chi connectivity index (χ3v) is 6.18. The number of aromatic amines is 1. The molecular formula is C22H25N3O4. The Morgan fingerprint density at radius 1 is 1.28 bits per heavy atom. The highest BCUT2D eigenvalue weighted by molar-refractivity contribution is 5.95. The fraction of sp³-hybridized carbons (Fsp3) is 0.455. The first kappa shape index (κ1) is 19.4. The third kappa shape index (κ3) is 3.24. The zero-order chi connectivity index (χ0) is 20.6. The van der Waals surface area contributed by atoms with Gasteiger partial charge in [0.2, 0.25) is 0 Å². The number of aromatic nitrogens is 2. The first-order valence-electron chi connectivity index (χ1n) is 10.1. The van der Waals surface area contributed by atoms with Crippen LogP contribution < -0.4 is 5.56 Å². The molecule has 2 aliphatic rings. The van der Waals surface area contributed by atoms with Gasteiger partial charge in [0.05, 0.1) is 12.0 Å². The summed E-state index contributed by atoms with van der Waals surface area (Å²) < 4.78 is 5.47. The summed E-state index contributed by atoms with van der Waals surface area (Å²) in [4.78, 5) is 47.1. The normalized spacial score (nSPS) is 25.2. The van der Waals surface area contributed by atoms with Crippen LogP contribution in [0.3, 0.4) is 0 Å². The summed E-state index contributed by atoms with van der Waals surface area (Å²) in [5.41, 5.74) is -0.179. The predicted molar refractivity (Wildman–Crippen MR) is 106 cm³/mol. The molecule has 152 valence electrons. The maximum atomic E-state index is 13.3. The highest BCUT2D eigenvalue weighted by atomic mass is 16.5. The van der Waals surface area contributed by atoms with Crippen molar-refractivity contribution in [3.05, 3.63) is 63.8 Å². The lowest BCUT2D eigenvalue weighted by molar-refractivity contribution is -0.157. The van der Waals surface area contributed by atoms with Crippen LogP contribution in [-0.4, -0.2) is 45.4 Å². The quantitative estimate of drug-likeness (QED) is 0.784. The Hall–Kier alpha value is -2.96. The van der Waals surface area contributed by atoms with E-state index < -0.39 is 11.0 Å². The Bertz CT molecular complexity index is 987. The van der Waals surface area contributed by atoms with Crippen molar-refractivity contribution in [3.8, 4) is 0 Å². The Balaban J connectivity index is 1.71. The molecule has 2 fully saturated rings. The van der Waals surface area contributed by atoms with Crippen molar-refractivity contribution in [1.29, 1.82) is 0 Å². The number of nitrogens with one attached hydrogen (secondary N) is 1. The number of rotatable bonds is 5. The van der Waals surface area contributed by atoms with Crippen molar-refractivity contribution >= 4 is 11.9 Å². The number of esters is 1. The predicted octanol–water partition coefficient (Wildman–Crippen LogP) is 2.25. The van der Waals surface area contributed by atoms with Gasteiger partial charge in [-0.3, -0.25) is 14.4 Å². The molecule has 0 unspecified atom stereocenters. The van der Waals surface area contributed by atoms with Crippen LogP contribution in [0.5, 0.6) is 0 Å². The maximum absolute atomic E-state index is 13.3. The summed E-state index contributed by atoms with van der Waals surface area (Å²) in [7, 11) is 0. The molecule has 29 heavy (non-hydrogen) atoms. The van der Waals surface area contributed by atoms with Crippen LogP contribution in [0.2, 0.25) is 0 Å². The number of aryl methyl sites for hydroxylation is 1. The zero-order valence-corrected chi connectivity index (χ0v) is 16.7. The minimum absolute atomic E-state index is 0.0202. The first-order chi connectivity index (χ1) is 14.0. The molecule has 1 aromatic carbocycles. The number of H-pyrrole nitrogens is 1. The molecule has 4 rings (SSSR count). The van der Waals surface area contributed by atoms with Crippen LogP contribution >= 0.6 is 0 Å². The molecule has 1 N–H and O–H groups in total. The van der Waals surface area contributed by atoms with Crippen LogP contribution in [0.1, 0.15) is 47.9 Å². The number of fused-ring (bicyclic) bond motifs is 2. The van der Waals surface area contributed by atoms with Crippen LogP contribution in [-0.2, 0) is 16.0 Å². The lowest BCUT2D eigenvalue weighted by atomic mass is 9.70. The average Bonchev–Trinajstić information content (AvgIpc) is 3.25. The number of ether oxygens (including phenoxy) is 1. The van der Waals surface area contributed by atoms with Gasteiger partial charge in [-0.1, -0.05) is 30.3 Å². The minimum Gasteiger partial charge on any atom is -0.465 e. The summed E-state index contributed by atoms with van der Waals surface area (Å²) in [6.45, 7) is 3.75. The van der Waals surface area contributed by atoms with E-state index in [1.54, 1.807) is 18.7 Å². The SMILES string of the molecule is CCOC(=O)[C@@]1(Cc2ccccc2)C[C@H]2CC[C@@H]1N2C(=O)c1cnc(C)[nH]c1=O. The van der Waals surface area contributed by atoms with Gasteiger partial charge in [0.25, 0.3) is 11.5 Å². The second-order valence-corrected chi connectivity index (χ2v) is 7.91. The molecule has 2 bridgehead atoms. The monoisotopic (exact) mass is 395 g/mol. The second kappa shape index (κ2) is 7.46. The van der Waals surface area contributed by atoms with E-state index in [0.717, 1.165) is 18.4 Å². The first-order valence-corrected chi connectivity index (χ1v) is 10.1. The van der Waals surface area contributed by atoms with E-state index in [1.165, 1.54) is 6.20 Å². The molecular weight excluding hydrogens is 370 g/mol. The fourth-order valence-electron chi connectivity index (χ4n) is 4.98. The fourth-order valence-corrected chi connectivity index (χ4v) is 4.98. The lowest BCUT2D eigenvalue weighted by Gasteiger charge is -2.35. The van der Waals surface area contributed by atoms with E-state index in [2.05, 4.69) is 9.97 Å². The van der Waals surface area contributed by atoms with Gasteiger partial charge in [-0.25, -0.2) is 4.98 Å². The number of carbonyl (C=O) groups is 2. The summed E-state index contributed by atoms with van der Waals surface area (Å²) >= 11 is 0. The second-order valence-electron chi connectivity index (χ2n) is 7.91. The van der Waals surface area contributed by atoms with Gasteiger partial charge in [0, 0.05) is 18.3 Å². The standard InChI is InChI=1S/C22H25N3O4/c1-3-29-21(28)22(11-15-7-5-4-6-8-15)12-16-9-10-18(22)25(16)20(27)17-13-23-14(2)24-19(17)26/h4-8,13,16,18H,3,9-12H2,1-2H3,(H,23,24,26)/t16-,18+,22+/m1/s1. The molecule has 0 saturated carbocycles. The zero-order valence-electron chi connectivity index (χ0n) is 16.7. The Morgan fingerprint density at radius 2 is 2.03 bits per heavy atom. The van der Waals surface area contributed by atoms with E-state index in [9.17, 15) is 14.4 Å². The molecule has 2 aliphatic heterocycles. The lowest BCUT2D eigenvalue weighted by Crippen LogP contribution is -2.48. The van der Waals surface area contributed by atoms with Crippen molar-refractivity contribution < 1.29 is 14.3 Å². The van der Waals surface area contributed by atoms with E-state index >= 15 is 0 Å². The molecule has 7 heteroatoms. The van der Waals surface area contributed by atoms with E-state index in [1.807, 2.05) is 30.3 Å². The van der Waals surface area contributed by atoms with Crippen molar-refractivity contribution in [3.63, 3.8) is 0 Å². The van der Waals surface area contributed by atoms with E-state index in [-0.39, 0.29) is 29.5 Å². The van der Waals surface area contributed by atoms with Crippen LogP contribution in [0.15, 0.2) is 41.3 Å². The third-order valence-electron chi connectivity index (χ3n) is 6.18. The molecule has 1 amide bonds. The Labute approximate surface area is 169 Å². The molecule has 0 spiro atoms. The molecule has 3 atom stereocenters. The highest BCUT2D eigenvalue weighted by Gasteiger charge is 2.62. The van der Waals surface area contributed by atoms with Gasteiger partial charge in [-0.05, 0) is 45.1 Å². The summed E-state index contributed by atoms with van der Waals surface area (Å²) in [6, 6.07) is 9.44. The average molecular weight is 395 g/mol. The molecule has 1 aromatic heterocycles.